The zero-order valence-electron chi connectivity index (χ0n) is 9.51. The van der Waals surface area contributed by atoms with Gasteiger partial charge in [0.15, 0.2) is 0 Å². The molecule has 1 aliphatic rings. The van der Waals surface area contributed by atoms with Crippen LogP contribution in [0.1, 0.15) is 46.5 Å². The molecule has 1 aliphatic carbocycles. The Labute approximate surface area is 86.8 Å². The Morgan fingerprint density at radius 1 is 1.07 bits per heavy atom. The summed E-state index contributed by atoms with van der Waals surface area (Å²) < 4.78 is 0. The minimum atomic E-state index is 0.571. The molecule has 0 saturated heterocycles. The summed E-state index contributed by atoms with van der Waals surface area (Å²) in [6.07, 6.45) is 5.11. The van der Waals surface area contributed by atoms with E-state index in [2.05, 4.69) is 16.6 Å². The van der Waals surface area contributed by atoms with Crippen LogP contribution in [0, 0.1) is 5.92 Å². The van der Waals surface area contributed by atoms with Crippen LogP contribution in [-0.2, 0) is 0 Å². The van der Waals surface area contributed by atoms with Gasteiger partial charge in [0.1, 0.15) is 5.84 Å². The Balaban J connectivity index is 2.80. The average molecular weight is 192 g/mol. The molecule has 2 nitrogen and oxygen atoms in total. The predicted octanol–water partition coefficient (Wildman–Crippen LogP) is 3.59. The maximum atomic E-state index is 4.50. The second kappa shape index (κ2) is 5.08. The van der Waals surface area contributed by atoms with Crippen molar-refractivity contribution in [1.29, 1.82) is 0 Å². The van der Waals surface area contributed by atoms with Gasteiger partial charge in [0.25, 0.3) is 0 Å². The van der Waals surface area contributed by atoms with Crippen LogP contribution in [0.3, 0.4) is 0 Å². The minimum absolute atomic E-state index is 0.571. The molecular formula is C12H20N2. The minimum Gasteiger partial charge on any atom is -0.243 e. The summed E-state index contributed by atoms with van der Waals surface area (Å²) in [7, 11) is 0. The smallest absolute Gasteiger partial charge is 0.131 e. The zero-order valence-corrected chi connectivity index (χ0v) is 9.51. The standard InChI is InChI=1S/C12H20N2/c1-9(2)13-12(14-10(3)4)11-7-5-6-8-11/h11H,1,5-8H2,2-4H3/b13-12-. The van der Waals surface area contributed by atoms with Gasteiger partial charge >= 0.3 is 0 Å². The zero-order chi connectivity index (χ0) is 10.6. The number of aliphatic imine (C=N–C) groups is 2. The van der Waals surface area contributed by atoms with E-state index in [9.17, 15) is 0 Å². The fourth-order valence-electron chi connectivity index (χ4n) is 1.82. The van der Waals surface area contributed by atoms with Gasteiger partial charge in [0, 0.05) is 17.3 Å². The fourth-order valence-corrected chi connectivity index (χ4v) is 1.82. The first-order valence-electron chi connectivity index (χ1n) is 5.35. The Morgan fingerprint density at radius 3 is 2.07 bits per heavy atom. The van der Waals surface area contributed by atoms with Crippen LogP contribution in [0.5, 0.6) is 0 Å². The first-order valence-corrected chi connectivity index (χ1v) is 5.35. The third-order valence-corrected chi connectivity index (χ3v) is 2.36. The summed E-state index contributed by atoms with van der Waals surface area (Å²) in [5.74, 6) is 1.57. The largest absolute Gasteiger partial charge is 0.243 e. The predicted molar refractivity (Wildman–Crippen MR) is 63.0 cm³/mol. The van der Waals surface area contributed by atoms with Gasteiger partial charge in [-0.25, -0.2) is 9.98 Å². The van der Waals surface area contributed by atoms with Gasteiger partial charge in [0.2, 0.25) is 0 Å². The lowest BCUT2D eigenvalue weighted by Gasteiger charge is -2.09. The number of allylic oxidation sites excluding steroid dienone is 1. The van der Waals surface area contributed by atoms with Crippen molar-refractivity contribution in [3.63, 3.8) is 0 Å². The number of amidine groups is 1. The van der Waals surface area contributed by atoms with E-state index >= 15 is 0 Å². The van der Waals surface area contributed by atoms with Gasteiger partial charge < -0.3 is 0 Å². The van der Waals surface area contributed by atoms with Crippen molar-refractivity contribution in [2.75, 3.05) is 0 Å². The topological polar surface area (TPSA) is 24.7 Å². The molecule has 0 spiro atoms. The maximum Gasteiger partial charge on any atom is 0.131 e. The highest BCUT2D eigenvalue weighted by Crippen LogP contribution is 2.27. The van der Waals surface area contributed by atoms with Gasteiger partial charge in [-0.2, -0.15) is 0 Å². The van der Waals surface area contributed by atoms with Crippen LogP contribution in [0.15, 0.2) is 22.3 Å². The van der Waals surface area contributed by atoms with Crippen molar-refractivity contribution in [2.45, 2.75) is 46.5 Å². The van der Waals surface area contributed by atoms with Crippen LogP contribution < -0.4 is 0 Å². The SMILES string of the molecule is C=C(C)/N=C(\N=C(C)C)C1CCCC1. The van der Waals surface area contributed by atoms with E-state index in [1.165, 1.54) is 25.7 Å². The van der Waals surface area contributed by atoms with Crippen LogP contribution in [-0.4, -0.2) is 11.5 Å². The van der Waals surface area contributed by atoms with E-state index in [4.69, 9.17) is 0 Å². The molecule has 1 saturated carbocycles. The summed E-state index contributed by atoms with van der Waals surface area (Å²) >= 11 is 0. The number of hydrogen-bond acceptors (Lipinski definition) is 1. The molecule has 14 heavy (non-hydrogen) atoms. The van der Waals surface area contributed by atoms with Crippen molar-refractivity contribution in [3.8, 4) is 0 Å². The van der Waals surface area contributed by atoms with Gasteiger partial charge in [-0.05, 0) is 33.6 Å². The lowest BCUT2D eigenvalue weighted by molar-refractivity contribution is 0.720. The fraction of sp³-hybridized carbons (Fsp3) is 0.667. The van der Waals surface area contributed by atoms with Crippen molar-refractivity contribution in [1.82, 2.24) is 0 Å². The number of hydrogen-bond donors (Lipinski definition) is 0. The van der Waals surface area contributed by atoms with Crippen molar-refractivity contribution >= 4 is 11.5 Å². The first kappa shape index (κ1) is 11.2. The third-order valence-electron chi connectivity index (χ3n) is 2.36. The quantitative estimate of drug-likeness (QED) is 0.472. The van der Waals surface area contributed by atoms with Crippen LogP contribution in [0.25, 0.3) is 0 Å². The van der Waals surface area contributed by atoms with Crippen LogP contribution >= 0.6 is 0 Å². The molecule has 0 N–H and O–H groups in total. The molecule has 0 aromatic heterocycles. The summed E-state index contributed by atoms with van der Waals surface area (Å²) in [5, 5.41) is 0. The monoisotopic (exact) mass is 192 g/mol. The van der Waals surface area contributed by atoms with E-state index in [1.807, 2.05) is 20.8 Å². The summed E-state index contributed by atoms with van der Waals surface area (Å²) in [4.78, 5) is 8.94. The molecule has 2 heteroatoms. The van der Waals surface area contributed by atoms with E-state index in [0.29, 0.717) is 5.92 Å². The van der Waals surface area contributed by atoms with E-state index in [-0.39, 0.29) is 0 Å². The highest BCUT2D eigenvalue weighted by molar-refractivity contribution is 5.97. The highest BCUT2D eigenvalue weighted by atomic mass is 14.9. The number of nitrogens with zero attached hydrogens (tertiary/aromatic N) is 2. The average Bonchev–Trinajstić information content (AvgIpc) is 2.52. The Kier molecular flexibility index (Phi) is 4.05. The highest BCUT2D eigenvalue weighted by Gasteiger charge is 2.20. The second-order valence-electron chi connectivity index (χ2n) is 4.25. The third kappa shape index (κ3) is 3.44. The first-order chi connectivity index (χ1) is 6.59. The molecule has 78 valence electrons. The van der Waals surface area contributed by atoms with E-state index in [0.717, 1.165) is 17.2 Å². The molecule has 0 radical (unpaired) electrons. The molecule has 1 fully saturated rings. The van der Waals surface area contributed by atoms with Gasteiger partial charge in [0.05, 0.1) is 0 Å². The van der Waals surface area contributed by atoms with Crippen molar-refractivity contribution in [2.24, 2.45) is 15.9 Å². The normalized spacial score (nSPS) is 18.4. The Morgan fingerprint density at radius 2 is 1.64 bits per heavy atom. The summed E-state index contributed by atoms with van der Waals surface area (Å²) in [5.41, 5.74) is 1.94. The van der Waals surface area contributed by atoms with E-state index < -0.39 is 0 Å². The molecule has 0 bridgehead atoms. The lowest BCUT2D eigenvalue weighted by atomic mass is 10.1. The molecule has 0 atom stereocenters. The second-order valence-corrected chi connectivity index (χ2v) is 4.25. The molecule has 0 amide bonds. The van der Waals surface area contributed by atoms with Gasteiger partial charge in [-0.15, -0.1) is 0 Å². The molecule has 0 aromatic rings. The molecule has 0 unspecified atom stereocenters. The van der Waals surface area contributed by atoms with Crippen LogP contribution in [0.2, 0.25) is 0 Å². The molecule has 1 rings (SSSR count). The van der Waals surface area contributed by atoms with Gasteiger partial charge in [-0.3, -0.25) is 0 Å². The van der Waals surface area contributed by atoms with Gasteiger partial charge in [-0.1, -0.05) is 19.4 Å². The lowest BCUT2D eigenvalue weighted by Crippen LogP contribution is -2.10. The maximum absolute atomic E-state index is 4.50. The molecule has 0 aromatic carbocycles. The molecule has 0 heterocycles. The Bertz CT molecular complexity index is 264. The van der Waals surface area contributed by atoms with Crippen molar-refractivity contribution < 1.29 is 0 Å². The van der Waals surface area contributed by atoms with E-state index in [1.54, 1.807) is 0 Å². The Hall–Kier alpha value is -0.920. The molecular weight excluding hydrogens is 172 g/mol. The van der Waals surface area contributed by atoms with Crippen molar-refractivity contribution in [3.05, 3.63) is 12.3 Å². The summed E-state index contributed by atoms with van der Waals surface area (Å²) in [6, 6.07) is 0. The number of rotatable bonds is 2. The summed E-state index contributed by atoms with van der Waals surface area (Å²) in [6.45, 7) is 9.78. The van der Waals surface area contributed by atoms with Crippen LogP contribution in [0.4, 0.5) is 0 Å². The molecule has 0 aliphatic heterocycles.